The zero-order valence-electron chi connectivity index (χ0n) is 18.2. The number of unbranched alkanes of at least 4 members (excludes halogenated alkanes) is 2. The van der Waals surface area contributed by atoms with Crippen molar-refractivity contribution in [1.82, 2.24) is 4.90 Å². The molecule has 0 aromatic heterocycles. The van der Waals surface area contributed by atoms with Crippen LogP contribution in [0.1, 0.15) is 58.9 Å². The third-order valence-electron chi connectivity index (χ3n) is 5.25. The molecule has 5 heteroatoms. The summed E-state index contributed by atoms with van der Waals surface area (Å²) in [4.78, 5) is 14.2. The summed E-state index contributed by atoms with van der Waals surface area (Å²) in [5.74, 6) is 0.834. The summed E-state index contributed by atoms with van der Waals surface area (Å²) < 4.78 is 17.1. The second-order valence-electron chi connectivity index (χ2n) is 7.53. The van der Waals surface area contributed by atoms with Gasteiger partial charge in [-0.3, -0.25) is 0 Å². The van der Waals surface area contributed by atoms with E-state index in [1.165, 1.54) is 0 Å². The monoisotopic (exact) mass is 401 g/mol. The van der Waals surface area contributed by atoms with Crippen molar-refractivity contribution in [3.05, 3.63) is 59.5 Å². The van der Waals surface area contributed by atoms with Crippen molar-refractivity contribution in [2.24, 2.45) is 5.92 Å². The maximum absolute atomic E-state index is 12.5. The minimum absolute atomic E-state index is 0.0318. The van der Waals surface area contributed by atoms with Crippen molar-refractivity contribution in [3.8, 4) is 0 Å². The Morgan fingerprint density at radius 3 is 2.76 bits per heavy atom. The summed E-state index contributed by atoms with van der Waals surface area (Å²) >= 11 is 0. The number of hydrogen-bond donors (Lipinski definition) is 0. The molecule has 1 heterocycles. The van der Waals surface area contributed by atoms with Gasteiger partial charge < -0.3 is 14.2 Å². The number of ether oxygens (including phenoxy) is 3. The molecule has 0 aliphatic carbocycles. The Bertz CT molecular complexity index is 683. The molecule has 1 amide bonds. The fourth-order valence-electron chi connectivity index (χ4n) is 3.22. The lowest BCUT2D eigenvalue weighted by Crippen LogP contribution is -2.38. The van der Waals surface area contributed by atoms with Crippen molar-refractivity contribution in [2.45, 2.75) is 66.0 Å². The van der Waals surface area contributed by atoms with Gasteiger partial charge in [0.1, 0.15) is 6.61 Å². The molecule has 1 aromatic carbocycles. The van der Waals surface area contributed by atoms with Crippen molar-refractivity contribution >= 4 is 6.09 Å². The average Bonchev–Trinajstić information content (AvgIpc) is 3.12. The maximum Gasteiger partial charge on any atom is 0.417 e. The van der Waals surface area contributed by atoms with Gasteiger partial charge >= 0.3 is 6.09 Å². The van der Waals surface area contributed by atoms with Gasteiger partial charge in [-0.2, -0.15) is 0 Å². The summed E-state index contributed by atoms with van der Waals surface area (Å²) in [6.45, 7) is 9.31. The molecule has 1 fully saturated rings. The van der Waals surface area contributed by atoms with E-state index in [1.54, 1.807) is 4.90 Å². The summed E-state index contributed by atoms with van der Waals surface area (Å²) in [5, 5.41) is 0. The molecule has 0 spiro atoms. The van der Waals surface area contributed by atoms with Gasteiger partial charge in [-0.1, -0.05) is 82.5 Å². The van der Waals surface area contributed by atoms with Gasteiger partial charge in [0.25, 0.3) is 0 Å². The molecule has 1 saturated heterocycles. The number of rotatable bonds is 12. The SMILES string of the molecule is CCCC/C=C/C(C)=C(/OCOCc1ccccc1)N1C(=O)OC[C@@H]1C(C)CC. The smallest absolute Gasteiger partial charge is 0.417 e. The molecule has 1 aliphatic rings. The molecule has 1 aliphatic heterocycles. The summed E-state index contributed by atoms with van der Waals surface area (Å²) in [6.07, 6.45) is 8.06. The Kier molecular flexibility index (Phi) is 9.78. The average molecular weight is 402 g/mol. The molecule has 29 heavy (non-hydrogen) atoms. The van der Waals surface area contributed by atoms with Crippen LogP contribution in [0.5, 0.6) is 0 Å². The first-order chi connectivity index (χ1) is 14.1. The quantitative estimate of drug-likeness (QED) is 0.186. The lowest BCUT2D eigenvalue weighted by Gasteiger charge is -2.28. The van der Waals surface area contributed by atoms with E-state index < -0.39 is 0 Å². The largest absolute Gasteiger partial charge is 0.452 e. The van der Waals surface area contributed by atoms with Crippen LogP contribution >= 0.6 is 0 Å². The summed E-state index contributed by atoms with van der Waals surface area (Å²) in [7, 11) is 0. The number of amides is 1. The van der Waals surface area contributed by atoms with Gasteiger partial charge in [-0.05, 0) is 24.8 Å². The molecule has 1 aromatic rings. The second-order valence-corrected chi connectivity index (χ2v) is 7.53. The highest BCUT2D eigenvalue weighted by Gasteiger charge is 2.39. The summed E-state index contributed by atoms with van der Waals surface area (Å²) in [6, 6.07) is 9.92. The lowest BCUT2D eigenvalue weighted by atomic mass is 9.99. The predicted octanol–water partition coefficient (Wildman–Crippen LogP) is 6.02. The molecule has 0 saturated carbocycles. The van der Waals surface area contributed by atoms with E-state index in [2.05, 4.69) is 26.8 Å². The number of carbonyl (C=O) groups is 1. The highest BCUT2D eigenvalue weighted by molar-refractivity contribution is 5.72. The van der Waals surface area contributed by atoms with Crippen molar-refractivity contribution < 1.29 is 19.0 Å². The molecule has 2 rings (SSSR count). The van der Waals surface area contributed by atoms with Crippen LogP contribution in [0.25, 0.3) is 0 Å². The first kappa shape index (κ1) is 23.0. The molecule has 0 N–H and O–H groups in total. The molecule has 0 bridgehead atoms. The Hall–Kier alpha value is -2.27. The van der Waals surface area contributed by atoms with Gasteiger partial charge in [-0.15, -0.1) is 0 Å². The van der Waals surface area contributed by atoms with E-state index in [0.29, 0.717) is 25.0 Å². The van der Waals surface area contributed by atoms with E-state index in [1.807, 2.05) is 43.3 Å². The van der Waals surface area contributed by atoms with Crippen LogP contribution in [0.15, 0.2) is 53.9 Å². The topological polar surface area (TPSA) is 48.0 Å². The van der Waals surface area contributed by atoms with Gasteiger partial charge in [0.05, 0.1) is 12.6 Å². The Balaban J connectivity index is 2.11. The third-order valence-corrected chi connectivity index (χ3v) is 5.25. The fraction of sp³-hybridized carbons (Fsp3) is 0.542. The second kappa shape index (κ2) is 12.3. The molecular weight excluding hydrogens is 366 g/mol. The highest BCUT2D eigenvalue weighted by Crippen LogP contribution is 2.28. The number of carbonyl (C=O) groups excluding carboxylic acids is 1. The van der Waals surface area contributed by atoms with E-state index in [-0.39, 0.29) is 18.9 Å². The lowest BCUT2D eigenvalue weighted by molar-refractivity contribution is -0.0540. The zero-order chi connectivity index (χ0) is 21.1. The fourth-order valence-corrected chi connectivity index (χ4v) is 3.22. The first-order valence-corrected chi connectivity index (χ1v) is 10.7. The van der Waals surface area contributed by atoms with Gasteiger partial charge in [0.15, 0.2) is 6.79 Å². The maximum atomic E-state index is 12.5. The third kappa shape index (κ3) is 6.93. The molecule has 5 nitrogen and oxygen atoms in total. The van der Waals surface area contributed by atoms with Gasteiger partial charge in [0.2, 0.25) is 5.88 Å². The Morgan fingerprint density at radius 1 is 1.31 bits per heavy atom. The van der Waals surface area contributed by atoms with Crippen molar-refractivity contribution in [1.29, 1.82) is 0 Å². The number of nitrogens with zero attached hydrogens (tertiary/aromatic N) is 1. The molecule has 160 valence electrons. The standard InChI is InChI=1S/C24H35NO4/c1-5-7-8-10-13-20(4)23(25-22(19(3)6-2)17-28-24(25)26)29-18-27-16-21-14-11-9-12-15-21/h9-15,19,22H,5-8,16-18H2,1-4H3/b13-10+,23-20+/t19?,22-/m1/s1. The molecule has 2 atom stereocenters. The highest BCUT2D eigenvalue weighted by atomic mass is 16.7. The first-order valence-electron chi connectivity index (χ1n) is 10.7. The number of cyclic esters (lactones) is 1. The van der Waals surface area contributed by atoms with E-state index in [9.17, 15) is 4.79 Å². The minimum atomic E-state index is -0.352. The summed E-state index contributed by atoms with van der Waals surface area (Å²) in [5.41, 5.74) is 1.98. The predicted molar refractivity (Wildman–Crippen MR) is 115 cm³/mol. The zero-order valence-corrected chi connectivity index (χ0v) is 18.2. The van der Waals surface area contributed by atoms with Crippen molar-refractivity contribution in [2.75, 3.05) is 13.4 Å². The number of allylic oxidation sites excluding steroid dienone is 3. The Morgan fingerprint density at radius 2 is 2.07 bits per heavy atom. The van der Waals surface area contributed by atoms with Crippen LogP contribution in [0.2, 0.25) is 0 Å². The van der Waals surface area contributed by atoms with Gasteiger partial charge in [0, 0.05) is 5.57 Å². The number of hydrogen-bond acceptors (Lipinski definition) is 4. The number of benzene rings is 1. The van der Waals surface area contributed by atoms with Crippen molar-refractivity contribution in [3.63, 3.8) is 0 Å². The Labute approximate surface area is 175 Å². The molecule has 1 unspecified atom stereocenters. The normalized spacial score (nSPS) is 18.7. The minimum Gasteiger partial charge on any atom is -0.452 e. The van der Waals surface area contributed by atoms with Gasteiger partial charge in [-0.25, -0.2) is 9.69 Å². The van der Waals surface area contributed by atoms with Crippen LogP contribution < -0.4 is 0 Å². The molecule has 0 radical (unpaired) electrons. The van der Waals surface area contributed by atoms with E-state index in [4.69, 9.17) is 14.2 Å². The van der Waals surface area contributed by atoms with Crippen LogP contribution in [0.4, 0.5) is 4.79 Å². The van der Waals surface area contributed by atoms with Crippen LogP contribution in [0.3, 0.4) is 0 Å². The van der Waals surface area contributed by atoms with E-state index >= 15 is 0 Å². The van der Waals surface area contributed by atoms with Crippen LogP contribution in [-0.4, -0.2) is 30.4 Å². The van der Waals surface area contributed by atoms with E-state index in [0.717, 1.165) is 36.8 Å². The van der Waals surface area contributed by atoms with Crippen LogP contribution in [0, 0.1) is 5.92 Å². The van der Waals surface area contributed by atoms with Crippen LogP contribution in [-0.2, 0) is 20.8 Å². The molecular formula is C24H35NO4.